The van der Waals surface area contributed by atoms with Gasteiger partial charge in [-0.3, -0.25) is 9.59 Å². The van der Waals surface area contributed by atoms with Crippen molar-refractivity contribution in [3.63, 3.8) is 0 Å². The van der Waals surface area contributed by atoms with E-state index in [4.69, 9.17) is 0 Å². The van der Waals surface area contributed by atoms with Gasteiger partial charge in [-0.2, -0.15) is 0 Å². The molecule has 1 amide bonds. The van der Waals surface area contributed by atoms with Crippen molar-refractivity contribution < 1.29 is 14.7 Å². The number of fused-ring (bicyclic) bond motifs is 3. The van der Waals surface area contributed by atoms with Gasteiger partial charge in [0.05, 0.1) is 5.92 Å². The molecule has 1 aliphatic heterocycles. The fourth-order valence-electron chi connectivity index (χ4n) is 4.50. The van der Waals surface area contributed by atoms with E-state index in [1.165, 1.54) is 0 Å². The Morgan fingerprint density at radius 2 is 2.00 bits per heavy atom. The molecule has 0 aromatic heterocycles. The lowest BCUT2D eigenvalue weighted by Crippen LogP contribution is -2.46. The normalized spacial score (nSPS) is 34.6. The highest BCUT2D eigenvalue weighted by Gasteiger charge is 2.59. The van der Waals surface area contributed by atoms with Crippen molar-refractivity contribution in [1.29, 1.82) is 0 Å². The first-order chi connectivity index (χ1) is 10.3. The Balaban J connectivity index is 2.14. The predicted octanol–water partition coefficient (Wildman–Crippen LogP) is 2.12. The maximum absolute atomic E-state index is 13.0. The van der Waals surface area contributed by atoms with Gasteiger partial charge in [-0.1, -0.05) is 32.1 Å². The predicted molar refractivity (Wildman–Crippen MR) is 82.5 cm³/mol. The first kappa shape index (κ1) is 13.7. The quantitative estimate of drug-likeness (QED) is 0.746. The van der Waals surface area contributed by atoms with Crippen molar-refractivity contribution in [1.82, 2.24) is 0 Å². The zero-order valence-electron chi connectivity index (χ0n) is 13.0. The second-order valence-corrected chi connectivity index (χ2v) is 7.21. The van der Waals surface area contributed by atoms with Crippen LogP contribution >= 0.6 is 0 Å². The summed E-state index contributed by atoms with van der Waals surface area (Å²) in [6.07, 6.45) is 4.05. The minimum absolute atomic E-state index is 0.0106. The molecule has 3 aliphatic rings. The molecule has 0 radical (unpaired) electrons. The van der Waals surface area contributed by atoms with Crippen molar-refractivity contribution in [2.45, 2.75) is 31.8 Å². The van der Waals surface area contributed by atoms with Gasteiger partial charge in [0.1, 0.15) is 0 Å². The number of benzene rings is 1. The zero-order chi connectivity index (χ0) is 15.9. The Hall–Kier alpha value is -1.94. The maximum atomic E-state index is 13.0. The summed E-state index contributed by atoms with van der Waals surface area (Å²) in [4.78, 5) is 27.5. The highest BCUT2D eigenvalue weighted by molar-refractivity contribution is 6.08. The number of allylic oxidation sites excluding steroid dienone is 1. The highest BCUT2D eigenvalue weighted by Crippen LogP contribution is 2.58. The van der Waals surface area contributed by atoms with Crippen LogP contribution in [0.4, 0.5) is 5.69 Å². The van der Waals surface area contributed by atoms with Gasteiger partial charge >= 0.3 is 0 Å². The smallest absolute Gasteiger partial charge is 0.234 e. The number of hydrogen-bond acceptors (Lipinski definition) is 3. The number of carbonyl (C=O) groups excluding carboxylic acids is 2. The van der Waals surface area contributed by atoms with Gasteiger partial charge in [0, 0.05) is 24.2 Å². The second-order valence-electron chi connectivity index (χ2n) is 7.21. The summed E-state index contributed by atoms with van der Waals surface area (Å²) < 4.78 is 0. The lowest BCUT2D eigenvalue weighted by Gasteiger charge is -2.39. The SMILES string of the molecule is CN1C(=O)[C@H]2c3c1cccc3[C@]1(O)C=CC[C@@H](C1=O)C2(C)C. The van der Waals surface area contributed by atoms with Crippen molar-refractivity contribution in [2.24, 2.45) is 11.3 Å². The Kier molecular flexibility index (Phi) is 2.41. The zero-order valence-corrected chi connectivity index (χ0v) is 13.0. The number of ketones is 1. The summed E-state index contributed by atoms with van der Waals surface area (Å²) >= 11 is 0. The van der Waals surface area contributed by atoms with Crippen molar-refractivity contribution in [2.75, 3.05) is 11.9 Å². The Morgan fingerprint density at radius 1 is 1.27 bits per heavy atom. The van der Waals surface area contributed by atoms with E-state index >= 15 is 0 Å². The van der Waals surface area contributed by atoms with Crippen LogP contribution in [0, 0.1) is 11.3 Å². The fraction of sp³-hybridized carbons (Fsp3) is 0.444. The number of rotatable bonds is 0. The lowest BCUT2D eigenvalue weighted by atomic mass is 9.64. The summed E-state index contributed by atoms with van der Waals surface area (Å²) in [5.74, 6) is -0.913. The molecule has 1 aromatic rings. The van der Waals surface area contributed by atoms with Crippen LogP contribution in [0.3, 0.4) is 0 Å². The monoisotopic (exact) mass is 297 g/mol. The summed E-state index contributed by atoms with van der Waals surface area (Å²) in [7, 11) is 1.76. The second kappa shape index (κ2) is 3.87. The molecular formula is C18H19NO3. The van der Waals surface area contributed by atoms with E-state index in [1.807, 2.05) is 26.0 Å². The highest BCUT2D eigenvalue weighted by atomic mass is 16.3. The van der Waals surface area contributed by atoms with Gasteiger partial charge in [-0.15, -0.1) is 0 Å². The number of amides is 1. The molecule has 0 saturated carbocycles. The Morgan fingerprint density at radius 3 is 2.73 bits per heavy atom. The van der Waals surface area contributed by atoms with Gasteiger partial charge in [0.25, 0.3) is 0 Å². The fourth-order valence-corrected chi connectivity index (χ4v) is 4.50. The van der Waals surface area contributed by atoms with Crippen molar-refractivity contribution in [3.05, 3.63) is 41.5 Å². The molecule has 4 heteroatoms. The molecule has 0 unspecified atom stereocenters. The van der Waals surface area contributed by atoms with Gasteiger partial charge in [0.2, 0.25) is 5.91 Å². The molecule has 1 heterocycles. The number of likely N-dealkylation sites (N-methyl/N-ethyl adjacent to an activating group) is 1. The van der Waals surface area contributed by atoms with Crippen LogP contribution in [0.15, 0.2) is 30.4 Å². The van der Waals surface area contributed by atoms with Gasteiger partial charge in [0.15, 0.2) is 11.4 Å². The molecule has 2 aliphatic carbocycles. The number of nitrogens with zero attached hydrogens (tertiary/aromatic N) is 1. The van der Waals surface area contributed by atoms with E-state index < -0.39 is 11.0 Å². The first-order valence-corrected chi connectivity index (χ1v) is 7.65. The van der Waals surface area contributed by atoms with Crippen LogP contribution in [0.2, 0.25) is 0 Å². The summed E-state index contributed by atoms with van der Waals surface area (Å²) in [6.45, 7) is 3.95. The van der Waals surface area contributed by atoms with Crippen LogP contribution in [0.1, 0.15) is 37.3 Å². The summed E-state index contributed by atoms with van der Waals surface area (Å²) in [5.41, 5.74) is 0.0713. The molecule has 4 nitrogen and oxygen atoms in total. The molecular weight excluding hydrogens is 278 g/mol. The molecule has 1 aromatic carbocycles. The van der Waals surface area contributed by atoms with Crippen LogP contribution in [-0.2, 0) is 15.2 Å². The first-order valence-electron chi connectivity index (χ1n) is 7.65. The standard InChI is InChI=1S/C18H19NO3/c1-17(2)11-7-5-9-18(22,15(11)20)10-6-4-8-12-13(10)14(17)16(21)19(12)3/h4-6,8-9,11,14,22H,7H2,1-3H3/t11-,14+,18+/m0/s1. The van der Waals surface area contributed by atoms with Crippen molar-refractivity contribution >= 4 is 17.4 Å². The minimum atomic E-state index is -1.61. The molecule has 4 rings (SSSR count). The Labute approximate surface area is 129 Å². The maximum Gasteiger partial charge on any atom is 0.234 e. The molecule has 3 atom stereocenters. The third-order valence-corrected chi connectivity index (χ3v) is 5.79. The third kappa shape index (κ3) is 1.32. The van der Waals surface area contributed by atoms with Crippen LogP contribution < -0.4 is 4.90 Å². The lowest BCUT2D eigenvalue weighted by molar-refractivity contribution is -0.143. The van der Waals surface area contributed by atoms with E-state index in [1.54, 1.807) is 30.2 Å². The van der Waals surface area contributed by atoms with Crippen LogP contribution in [0.25, 0.3) is 0 Å². The Bertz CT molecular complexity index is 749. The third-order valence-electron chi connectivity index (χ3n) is 5.79. The molecule has 114 valence electrons. The topological polar surface area (TPSA) is 57.6 Å². The number of hydrogen-bond donors (Lipinski definition) is 1. The minimum Gasteiger partial charge on any atom is -0.374 e. The summed E-state index contributed by atoms with van der Waals surface area (Å²) in [5, 5.41) is 11.1. The largest absolute Gasteiger partial charge is 0.374 e. The molecule has 2 bridgehead atoms. The summed E-state index contributed by atoms with van der Waals surface area (Å²) in [6, 6.07) is 5.48. The van der Waals surface area contributed by atoms with Gasteiger partial charge in [-0.25, -0.2) is 0 Å². The van der Waals surface area contributed by atoms with E-state index in [0.717, 1.165) is 11.3 Å². The van der Waals surface area contributed by atoms with Crippen LogP contribution in [0.5, 0.6) is 0 Å². The molecule has 0 spiro atoms. The van der Waals surface area contributed by atoms with Gasteiger partial charge in [-0.05, 0) is 29.5 Å². The van der Waals surface area contributed by atoms with E-state index in [9.17, 15) is 14.7 Å². The molecule has 0 saturated heterocycles. The average molecular weight is 297 g/mol. The average Bonchev–Trinajstić information content (AvgIpc) is 2.73. The van der Waals surface area contributed by atoms with E-state index in [0.29, 0.717) is 12.0 Å². The van der Waals surface area contributed by atoms with E-state index in [-0.39, 0.29) is 23.5 Å². The van der Waals surface area contributed by atoms with Crippen molar-refractivity contribution in [3.8, 4) is 0 Å². The number of aliphatic hydroxyl groups is 1. The van der Waals surface area contributed by atoms with Crippen LogP contribution in [-0.4, -0.2) is 23.8 Å². The molecule has 1 N–H and O–H groups in total. The molecule has 0 fully saturated rings. The molecule has 22 heavy (non-hydrogen) atoms. The number of Topliss-reactive ketones (excluding diaryl/α,β-unsaturated/α-hetero) is 1. The number of anilines is 1. The number of carbonyl (C=O) groups is 2. The van der Waals surface area contributed by atoms with E-state index in [2.05, 4.69) is 0 Å². The van der Waals surface area contributed by atoms with Gasteiger partial charge < -0.3 is 10.0 Å².